The van der Waals surface area contributed by atoms with Gasteiger partial charge in [-0.15, -0.1) is 0 Å². The van der Waals surface area contributed by atoms with Crippen molar-refractivity contribution in [2.24, 2.45) is 0 Å². The van der Waals surface area contributed by atoms with E-state index in [9.17, 15) is 4.79 Å². The highest BCUT2D eigenvalue weighted by Crippen LogP contribution is 2.55. The van der Waals surface area contributed by atoms with Gasteiger partial charge in [0.25, 0.3) is 0 Å². The van der Waals surface area contributed by atoms with E-state index in [1.54, 1.807) is 31.4 Å². The highest BCUT2D eigenvalue weighted by Gasteiger charge is 2.53. The summed E-state index contributed by atoms with van der Waals surface area (Å²) in [5, 5.41) is 0. The normalized spacial score (nSPS) is 26.9. The van der Waals surface area contributed by atoms with Crippen LogP contribution in [0.4, 0.5) is 5.69 Å². The van der Waals surface area contributed by atoms with Crippen molar-refractivity contribution in [3.05, 3.63) is 65.2 Å². The Kier molecular flexibility index (Phi) is 4.47. The number of esters is 1. The zero-order chi connectivity index (χ0) is 20.9. The van der Waals surface area contributed by atoms with Crippen molar-refractivity contribution in [2.75, 3.05) is 26.4 Å². The minimum Gasteiger partial charge on any atom is -0.493 e. The molecule has 30 heavy (non-hydrogen) atoms. The van der Waals surface area contributed by atoms with E-state index in [1.807, 2.05) is 12.1 Å². The smallest absolute Gasteiger partial charge is 0.338 e. The number of carbonyl (C=O) groups excluding carboxylic acids is 1. The standard InChI is InChI=1S/C24H26N2O4/c1-26-12-11-24-10-9-18(29-23(27)15-3-6-17(25)7-4-15)13-20(24)30-22-19(28-2)8-5-16(14-26)21(22)24/h3-10,18,20H,11-14,25H2,1-2H3/t18-,20-,24-/m0/s1. The lowest BCUT2D eigenvalue weighted by Gasteiger charge is -2.36. The third-order valence-corrected chi connectivity index (χ3v) is 6.53. The first-order valence-electron chi connectivity index (χ1n) is 10.3. The molecule has 2 heterocycles. The van der Waals surface area contributed by atoms with Gasteiger partial charge >= 0.3 is 5.97 Å². The molecule has 2 N–H and O–H groups in total. The first-order chi connectivity index (χ1) is 14.5. The summed E-state index contributed by atoms with van der Waals surface area (Å²) in [6.07, 6.45) is 5.36. The predicted octanol–water partition coefficient (Wildman–Crippen LogP) is 3.30. The number of methoxy groups -OCH3 is 1. The number of hydrogen-bond acceptors (Lipinski definition) is 6. The predicted molar refractivity (Wildman–Crippen MR) is 114 cm³/mol. The van der Waals surface area contributed by atoms with Crippen LogP contribution in [0, 0.1) is 0 Å². The van der Waals surface area contributed by atoms with Crippen LogP contribution in [-0.4, -0.2) is 43.8 Å². The van der Waals surface area contributed by atoms with E-state index in [4.69, 9.17) is 19.9 Å². The van der Waals surface area contributed by atoms with Crippen molar-refractivity contribution in [3.8, 4) is 11.5 Å². The molecule has 0 saturated carbocycles. The SMILES string of the molecule is COc1ccc2c3c1O[C@H]1C[C@@H](OC(=O)c4ccc(N)cc4)C=C[C@@]31CCN(C)C2. The number of nitrogen functional groups attached to an aromatic ring is 1. The van der Waals surface area contributed by atoms with Gasteiger partial charge in [0, 0.05) is 24.2 Å². The molecule has 2 aromatic carbocycles. The molecule has 0 fully saturated rings. The third kappa shape index (κ3) is 2.94. The van der Waals surface area contributed by atoms with Crippen LogP contribution in [0.25, 0.3) is 0 Å². The molecular formula is C24H26N2O4. The van der Waals surface area contributed by atoms with Crippen molar-refractivity contribution in [1.82, 2.24) is 4.90 Å². The van der Waals surface area contributed by atoms with Crippen LogP contribution in [0.1, 0.15) is 34.3 Å². The summed E-state index contributed by atoms with van der Waals surface area (Å²) in [4.78, 5) is 14.9. The number of ether oxygens (including phenoxy) is 3. The molecule has 6 nitrogen and oxygen atoms in total. The number of nitrogens with zero attached hydrogens (tertiary/aromatic N) is 1. The fourth-order valence-corrected chi connectivity index (χ4v) is 4.98. The summed E-state index contributed by atoms with van der Waals surface area (Å²) in [6, 6.07) is 10.9. The molecule has 0 radical (unpaired) electrons. The van der Waals surface area contributed by atoms with E-state index in [-0.39, 0.29) is 23.6 Å². The number of anilines is 1. The monoisotopic (exact) mass is 406 g/mol. The van der Waals surface area contributed by atoms with Gasteiger partial charge in [-0.1, -0.05) is 12.1 Å². The van der Waals surface area contributed by atoms with Gasteiger partial charge in [0.2, 0.25) is 0 Å². The zero-order valence-corrected chi connectivity index (χ0v) is 17.3. The number of rotatable bonds is 3. The van der Waals surface area contributed by atoms with Crippen LogP contribution >= 0.6 is 0 Å². The van der Waals surface area contributed by atoms with Gasteiger partial charge < -0.3 is 24.8 Å². The van der Waals surface area contributed by atoms with E-state index < -0.39 is 0 Å². The first-order valence-corrected chi connectivity index (χ1v) is 10.3. The van der Waals surface area contributed by atoms with Gasteiger partial charge in [-0.25, -0.2) is 4.79 Å². The third-order valence-electron chi connectivity index (χ3n) is 6.53. The van der Waals surface area contributed by atoms with Gasteiger partial charge in [-0.05, 0) is 62.0 Å². The summed E-state index contributed by atoms with van der Waals surface area (Å²) in [7, 11) is 3.82. The van der Waals surface area contributed by atoms with Crippen molar-refractivity contribution in [2.45, 2.75) is 37.0 Å². The molecule has 0 unspecified atom stereocenters. The summed E-state index contributed by atoms with van der Waals surface area (Å²) < 4.78 is 17.9. The van der Waals surface area contributed by atoms with Gasteiger partial charge in [0.1, 0.15) is 12.2 Å². The molecule has 5 rings (SSSR count). The first kappa shape index (κ1) is 19.0. The Hall–Kier alpha value is -2.99. The molecule has 156 valence electrons. The Labute approximate surface area is 176 Å². The maximum atomic E-state index is 12.6. The average Bonchev–Trinajstić information content (AvgIpc) is 3.00. The molecule has 2 aromatic rings. The lowest BCUT2D eigenvalue weighted by molar-refractivity contribution is 0.0218. The maximum absolute atomic E-state index is 12.6. The number of hydrogen-bond donors (Lipinski definition) is 1. The number of carbonyl (C=O) groups is 1. The quantitative estimate of drug-likeness (QED) is 0.479. The molecule has 3 atom stereocenters. The topological polar surface area (TPSA) is 74.0 Å². The Morgan fingerprint density at radius 1 is 1.23 bits per heavy atom. The molecule has 2 aliphatic heterocycles. The summed E-state index contributed by atoms with van der Waals surface area (Å²) in [5.74, 6) is 1.25. The van der Waals surface area contributed by atoms with Crippen LogP contribution in [-0.2, 0) is 16.7 Å². The van der Waals surface area contributed by atoms with Crippen LogP contribution in [0.5, 0.6) is 11.5 Å². The minimum absolute atomic E-state index is 0.0942. The van der Waals surface area contributed by atoms with E-state index in [2.05, 4.69) is 24.1 Å². The number of nitrogens with two attached hydrogens (primary N) is 1. The fourth-order valence-electron chi connectivity index (χ4n) is 4.98. The highest BCUT2D eigenvalue weighted by atomic mass is 16.6. The molecule has 0 amide bonds. The summed E-state index contributed by atoms with van der Waals surface area (Å²) in [5.41, 5.74) is 9.11. The second kappa shape index (κ2) is 7.06. The molecule has 1 spiro atoms. The minimum atomic E-state index is -0.352. The van der Waals surface area contributed by atoms with Crippen LogP contribution in [0.3, 0.4) is 0 Å². The second-order valence-corrected chi connectivity index (χ2v) is 8.43. The van der Waals surface area contributed by atoms with Gasteiger partial charge in [-0.3, -0.25) is 0 Å². The van der Waals surface area contributed by atoms with E-state index in [0.29, 0.717) is 17.7 Å². The molecule has 0 aromatic heterocycles. The van der Waals surface area contributed by atoms with Crippen LogP contribution in [0.15, 0.2) is 48.6 Å². The van der Waals surface area contributed by atoms with Gasteiger partial charge in [-0.2, -0.15) is 0 Å². The Morgan fingerprint density at radius 2 is 2.03 bits per heavy atom. The fraction of sp³-hybridized carbons (Fsp3) is 0.375. The average molecular weight is 406 g/mol. The van der Waals surface area contributed by atoms with E-state index >= 15 is 0 Å². The molecule has 1 aliphatic carbocycles. The lowest BCUT2D eigenvalue weighted by Crippen LogP contribution is -2.43. The van der Waals surface area contributed by atoms with Gasteiger partial charge in [0.05, 0.1) is 18.1 Å². The highest BCUT2D eigenvalue weighted by molar-refractivity contribution is 5.90. The second-order valence-electron chi connectivity index (χ2n) is 8.43. The Bertz CT molecular complexity index is 1020. The van der Waals surface area contributed by atoms with Crippen LogP contribution in [0.2, 0.25) is 0 Å². The lowest BCUT2D eigenvalue weighted by atomic mass is 9.69. The number of benzene rings is 2. The van der Waals surface area contributed by atoms with Crippen LogP contribution < -0.4 is 15.2 Å². The molecule has 3 aliphatic rings. The van der Waals surface area contributed by atoms with Crippen molar-refractivity contribution < 1.29 is 19.0 Å². The van der Waals surface area contributed by atoms with Crippen molar-refractivity contribution in [3.63, 3.8) is 0 Å². The summed E-state index contributed by atoms with van der Waals surface area (Å²) in [6.45, 7) is 1.85. The molecule has 6 heteroatoms. The molecule has 0 bridgehead atoms. The molecular weight excluding hydrogens is 380 g/mol. The maximum Gasteiger partial charge on any atom is 0.338 e. The van der Waals surface area contributed by atoms with E-state index in [1.165, 1.54) is 11.1 Å². The summed E-state index contributed by atoms with van der Waals surface area (Å²) >= 11 is 0. The van der Waals surface area contributed by atoms with E-state index in [0.717, 1.165) is 31.0 Å². The molecule has 0 saturated heterocycles. The largest absolute Gasteiger partial charge is 0.493 e. The van der Waals surface area contributed by atoms with Crippen molar-refractivity contribution >= 4 is 11.7 Å². The Morgan fingerprint density at radius 3 is 2.80 bits per heavy atom. The zero-order valence-electron chi connectivity index (χ0n) is 17.3. The van der Waals surface area contributed by atoms with Gasteiger partial charge in [0.15, 0.2) is 11.5 Å². The Balaban J connectivity index is 1.46. The van der Waals surface area contributed by atoms with Crippen molar-refractivity contribution in [1.29, 1.82) is 0 Å².